The molecule has 1 fully saturated rings. The van der Waals surface area contributed by atoms with Gasteiger partial charge in [0.05, 0.1) is 39.0 Å². The molecule has 0 spiro atoms. The van der Waals surface area contributed by atoms with E-state index in [2.05, 4.69) is 28.6 Å². The smallest absolute Gasteiger partial charge is 0.259 e. The van der Waals surface area contributed by atoms with Gasteiger partial charge >= 0.3 is 0 Å². The number of aliphatic hydroxyl groups is 1. The lowest BCUT2D eigenvalue weighted by atomic mass is 10.00. The molecule has 192 valence electrons. The van der Waals surface area contributed by atoms with Crippen molar-refractivity contribution < 1.29 is 24.2 Å². The highest BCUT2D eigenvalue weighted by Gasteiger charge is 2.34. The third-order valence-electron chi connectivity index (χ3n) is 6.47. The number of pyridine rings is 1. The lowest BCUT2D eigenvalue weighted by Crippen LogP contribution is -2.51. The molecule has 0 aliphatic carbocycles. The van der Waals surface area contributed by atoms with Crippen LogP contribution in [0.3, 0.4) is 0 Å². The lowest BCUT2D eigenvalue weighted by molar-refractivity contribution is -0.133. The lowest BCUT2D eigenvalue weighted by Gasteiger charge is -2.38. The predicted molar refractivity (Wildman–Crippen MR) is 132 cm³/mol. The maximum absolute atomic E-state index is 13.4. The molecule has 9 heteroatoms. The zero-order valence-electron chi connectivity index (χ0n) is 21.3. The number of fused-ring (bicyclic) bond motifs is 1. The fourth-order valence-electron chi connectivity index (χ4n) is 4.12. The van der Waals surface area contributed by atoms with E-state index < -0.39 is 0 Å². The van der Waals surface area contributed by atoms with E-state index in [9.17, 15) is 14.7 Å². The van der Waals surface area contributed by atoms with Crippen LogP contribution in [0, 0.1) is 17.8 Å². The van der Waals surface area contributed by atoms with E-state index in [1.165, 1.54) is 0 Å². The molecule has 2 aliphatic heterocycles. The van der Waals surface area contributed by atoms with E-state index in [1.807, 2.05) is 13.8 Å². The molecule has 3 heterocycles. The molecular weight excluding hydrogens is 448 g/mol. The minimum atomic E-state index is -0.376. The standard InChI is InChI=1S/C26H38N4O5/c1-5-6-7-8-21-13-22-25(27-14-21)35-23(19(2)15-30(26(22)33)20(3)18-31)16-28(4)24(32)17-29-9-11-34-12-10-29/h13-14,19-20,23,31H,5-6,9-12,15-18H2,1-4H3/t19-,20-,23-/m1/s1. The summed E-state index contributed by atoms with van der Waals surface area (Å²) in [6, 6.07) is 1.34. The Labute approximate surface area is 208 Å². The van der Waals surface area contributed by atoms with Crippen molar-refractivity contribution >= 4 is 11.8 Å². The van der Waals surface area contributed by atoms with E-state index in [0.717, 1.165) is 25.9 Å². The van der Waals surface area contributed by atoms with Crippen molar-refractivity contribution in [2.24, 2.45) is 5.92 Å². The summed E-state index contributed by atoms with van der Waals surface area (Å²) in [5.74, 6) is 6.05. The van der Waals surface area contributed by atoms with Gasteiger partial charge in [-0.15, -0.1) is 0 Å². The van der Waals surface area contributed by atoms with Crippen LogP contribution in [-0.2, 0) is 9.53 Å². The molecule has 2 amide bonds. The van der Waals surface area contributed by atoms with Crippen LogP contribution in [0.15, 0.2) is 12.3 Å². The van der Waals surface area contributed by atoms with Crippen molar-refractivity contribution in [2.75, 3.05) is 59.6 Å². The van der Waals surface area contributed by atoms with E-state index in [0.29, 0.717) is 44.0 Å². The Balaban J connectivity index is 1.83. The number of unbranched alkanes of at least 4 members (excludes halogenated alkanes) is 1. The van der Waals surface area contributed by atoms with Crippen LogP contribution in [-0.4, -0.2) is 108 Å². The molecule has 3 rings (SSSR count). The average Bonchev–Trinajstić information content (AvgIpc) is 2.86. The molecule has 35 heavy (non-hydrogen) atoms. The molecule has 2 aliphatic rings. The van der Waals surface area contributed by atoms with Gasteiger partial charge in [0.2, 0.25) is 11.8 Å². The molecule has 1 aromatic heterocycles. The molecular formula is C26H38N4O5. The topological polar surface area (TPSA) is 95.4 Å². The van der Waals surface area contributed by atoms with Gasteiger partial charge < -0.3 is 24.4 Å². The molecule has 0 radical (unpaired) electrons. The highest BCUT2D eigenvalue weighted by Crippen LogP contribution is 2.27. The molecule has 1 saturated heterocycles. The number of carbonyl (C=O) groups is 2. The summed E-state index contributed by atoms with van der Waals surface area (Å²) in [5, 5.41) is 9.81. The number of aromatic nitrogens is 1. The Bertz CT molecular complexity index is 937. The van der Waals surface area contributed by atoms with Crippen LogP contribution >= 0.6 is 0 Å². The molecule has 3 atom stereocenters. The Kier molecular flexibility index (Phi) is 9.90. The largest absolute Gasteiger partial charge is 0.472 e. The van der Waals surface area contributed by atoms with E-state index in [1.54, 1.807) is 29.1 Å². The minimum Gasteiger partial charge on any atom is -0.472 e. The number of hydrogen-bond donors (Lipinski definition) is 1. The molecule has 0 bridgehead atoms. The van der Waals surface area contributed by atoms with Crippen molar-refractivity contribution in [3.8, 4) is 17.7 Å². The van der Waals surface area contributed by atoms with Crippen LogP contribution in [0.4, 0.5) is 0 Å². The summed E-state index contributed by atoms with van der Waals surface area (Å²) in [5.41, 5.74) is 0.974. The van der Waals surface area contributed by atoms with Gasteiger partial charge in [0.25, 0.3) is 5.91 Å². The molecule has 1 N–H and O–H groups in total. The number of rotatable bonds is 7. The number of likely N-dealkylation sites (N-methyl/N-ethyl adjacent to an activating group) is 1. The Morgan fingerprint density at radius 1 is 1.37 bits per heavy atom. The monoisotopic (exact) mass is 486 g/mol. The molecule has 1 aromatic rings. The quantitative estimate of drug-likeness (QED) is 0.580. The van der Waals surface area contributed by atoms with Crippen molar-refractivity contribution in [1.82, 2.24) is 19.7 Å². The first kappa shape index (κ1) is 26.9. The SMILES string of the molecule is CCCC#Cc1cnc2c(c1)C(=O)N([C@H](C)CO)C[C@@H](C)[C@@H](CN(C)C(=O)CN1CCOCC1)O2. The second-order valence-corrected chi connectivity index (χ2v) is 9.41. The fraction of sp³-hybridized carbons (Fsp3) is 0.654. The van der Waals surface area contributed by atoms with Crippen molar-refractivity contribution in [3.05, 3.63) is 23.4 Å². The number of aliphatic hydroxyl groups excluding tert-OH is 1. The molecule has 0 unspecified atom stereocenters. The Hall–Kier alpha value is -2.67. The second-order valence-electron chi connectivity index (χ2n) is 9.41. The first-order chi connectivity index (χ1) is 16.8. The number of amides is 2. The van der Waals surface area contributed by atoms with Gasteiger partial charge in [-0.05, 0) is 19.4 Å². The molecule has 0 aromatic carbocycles. The van der Waals surface area contributed by atoms with Gasteiger partial charge in [-0.25, -0.2) is 4.98 Å². The minimum absolute atomic E-state index is 0.0103. The van der Waals surface area contributed by atoms with E-state index in [4.69, 9.17) is 9.47 Å². The summed E-state index contributed by atoms with van der Waals surface area (Å²) < 4.78 is 11.6. The number of ether oxygens (including phenoxy) is 2. The van der Waals surface area contributed by atoms with Crippen molar-refractivity contribution in [2.45, 2.75) is 45.8 Å². The first-order valence-corrected chi connectivity index (χ1v) is 12.5. The van der Waals surface area contributed by atoms with Gasteiger partial charge in [-0.3, -0.25) is 14.5 Å². The summed E-state index contributed by atoms with van der Waals surface area (Å²) >= 11 is 0. The maximum Gasteiger partial charge on any atom is 0.259 e. The zero-order valence-corrected chi connectivity index (χ0v) is 21.3. The van der Waals surface area contributed by atoms with E-state index in [-0.39, 0.29) is 42.4 Å². The first-order valence-electron chi connectivity index (χ1n) is 12.5. The number of nitrogens with zero attached hydrogens (tertiary/aromatic N) is 4. The van der Waals surface area contributed by atoms with Crippen LogP contribution in [0.2, 0.25) is 0 Å². The molecule has 9 nitrogen and oxygen atoms in total. The highest BCUT2D eigenvalue weighted by molar-refractivity contribution is 5.97. The third kappa shape index (κ3) is 7.17. The normalized spacial score (nSPS) is 21.6. The summed E-state index contributed by atoms with van der Waals surface area (Å²) in [6.07, 6.45) is 2.95. The van der Waals surface area contributed by atoms with Crippen LogP contribution in [0.25, 0.3) is 0 Å². The third-order valence-corrected chi connectivity index (χ3v) is 6.47. The van der Waals surface area contributed by atoms with Gasteiger partial charge in [0, 0.05) is 50.8 Å². The molecule has 0 saturated carbocycles. The summed E-state index contributed by atoms with van der Waals surface area (Å²) in [4.78, 5) is 36.2. The van der Waals surface area contributed by atoms with Gasteiger partial charge in [-0.2, -0.15) is 0 Å². The van der Waals surface area contributed by atoms with Crippen molar-refractivity contribution in [3.63, 3.8) is 0 Å². The number of carbonyl (C=O) groups excluding carboxylic acids is 2. The van der Waals surface area contributed by atoms with Crippen molar-refractivity contribution in [1.29, 1.82) is 0 Å². The predicted octanol–water partition coefficient (Wildman–Crippen LogP) is 1.24. The Morgan fingerprint density at radius 2 is 2.11 bits per heavy atom. The summed E-state index contributed by atoms with van der Waals surface area (Å²) in [6.45, 7) is 9.56. The van der Waals surface area contributed by atoms with Gasteiger partial charge in [0.1, 0.15) is 11.7 Å². The zero-order chi connectivity index (χ0) is 25.4. The number of morpholine rings is 1. The maximum atomic E-state index is 13.4. The average molecular weight is 487 g/mol. The number of hydrogen-bond acceptors (Lipinski definition) is 7. The van der Waals surface area contributed by atoms with Crippen LogP contribution in [0.5, 0.6) is 5.88 Å². The second kappa shape index (κ2) is 12.9. The highest BCUT2D eigenvalue weighted by atomic mass is 16.5. The Morgan fingerprint density at radius 3 is 2.80 bits per heavy atom. The van der Waals surface area contributed by atoms with E-state index >= 15 is 0 Å². The van der Waals surface area contributed by atoms with Crippen LogP contribution in [0.1, 0.15) is 49.5 Å². The van der Waals surface area contributed by atoms with Crippen LogP contribution < -0.4 is 4.74 Å². The summed E-state index contributed by atoms with van der Waals surface area (Å²) in [7, 11) is 1.78. The fourth-order valence-corrected chi connectivity index (χ4v) is 4.12. The van der Waals surface area contributed by atoms with Gasteiger partial charge in [-0.1, -0.05) is 25.7 Å². The van der Waals surface area contributed by atoms with Gasteiger partial charge in [0.15, 0.2) is 0 Å².